The first kappa shape index (κ1) is 11.3. The minimum absolute atomic E-state index is 0.456. The van der Waals surface area contributed by atoms with Crippen LogP contribution in [-0.4, -0.2) is 18.2 Å². The largest absolute Gasteiger partial charge is 0.489 e. The molecule has 0 amide bonds. The van der Waals surface area contributed by atoms with Crippen molar-refractivity contribution < 1.29 is 9.47 Å². The molecule has 0 N–H and O–H groups in total. The Morgan fingerprint density at radius 3 is 3.00 bits per heavy atom. The average Bonchev–Trinajstić information content (AvgIpc) is 3.14. The Bertz CT molecular complexity index is 398. The van der Waals surface area contributed by atoms with Gasteiger partial charge in [0.05, 0.1) is 6.61 Å². The van der Waals surface area contributed by atoms with Gasteiger partial charge in [-0.3, -0.25) is 4.98 Å². The van der Waals surface area contributed by atoms with Crippen LogP contribution in [0, 0.1) is 0 Å². The van der Waals surface area contributed by atoms with Crippen molar-refractivity contribution in [2.24, 2.45) is 0 Å². The summed E-state index contributed by atoms with van der Waals surface area (Å²) in [5.41, 5.74) is 1.93. The third-order valence-electron chi connectivity index (χ3n) is 2.20. The molecule has 1 aliphatic rings. The number of hydrogen-bond acceptors (Lipinski definition) is 3. The van der Waals surface area contributed by atoms with Crippen molar-refractivity contribution >= 4 is 17.4 Å². The summed E-state index contributed by atoms with van der Waals surface area (Å²) in [6, 6.07) is 1.99. The van der Waals surface area contributed by atoms with Crippen LogP contribution in [0.25, 0.3) is 5.76 Å². The number of alkyl halides is 1. The van der Waals surface area contributed by atoms with Crippen LogP contribution in [0.2, 0.25) is 0 Å². The van der Waals surface area contributed by atoms with Crippen molar-refractivity contribution in [1.82, 2.24) is 4.98 Å². The summed E-state index contributed by atoms with van der Waals surface area (Å²) < 4.78 is 10.9. The quantitative estimate of drug-likeness (QED) is 0.450. The van der Waals surface area contributed by atoms with Crippen molar-refractivity contribution in [3.8, 4) is 0 Å². The zero-order chi connectivity index (χ0) is 11.4. The molecule has 0 radical (unpaired) electrons. The van der Waals surface area contributed by atoms with E-state index in [1.54, 1.807) is 12.4 Å². The molecular weight excluding hydrogens is 226 g/mol. The monoisotopic (exact) mass is 239 g/mol. The van der Waals surface area contributed by atoms with Crippen LogP contribution in [-0.2, 0) is 15.4 Å². The Balaban J connectivity index is 2.22. The van der Waals surface area contributed by atoms with E-state index in [1.165, 1.54) is 0 Å². The minimum atomic E-state index is 0.456. The summed E-state index contributed by atoms with van der Waals surface area (Å²) >= 11 is 5.77. The Morgan fingerprint density at radius 2 is 2.38 bits per heavy atom. The number of hydrogen-bond donors (Lipinski definition) is 0. The predicted octanol–water partition coefficient (Wildman–Crippen LogP) is 2.95. The summed E-state index contributed by atoms with van der Waals surface area (Å²) in [5, 5.41) is 0. The molecule has 1 aliphatic heterocycles. The van der Waals surface area contributed by atoms with Crippen molar-refractivity contribution in [2.45, 2.75) is 19.2 Å². The maximum absolute atomic E-state index is 5.77. The van der Waals surface area contributed by atoms with E-state index in [1.807, 2.05) is 6.07 Å². The van der Waals surface area contributed by atoms with Crippen LogP contribution in [0.5, 0.6) is 0 Å². The fourth-order valence-electron chi connectivity index (χ4n) is 1.38. The molecule has 0 spiro atoms. The van der Waals surface area contributed by atoms with Gasteiger partial charge in [0.25, 0.3) is 0 Å². The molecule has 1 fully saturated rings. The van der Waals surface area contributed by atoms with Crippen molar-refractivity contribution in [2.75, 3.05) is 13.2 Å². The van der Waals surface area contributed by atoms with E-state index in [4.69, 9.17) is 21.1 Å². The van der Waals surface area contributed by atoms with Crippen molar-refractivity contribution in [3.63, 3.8) is 0 Å². The maximum atomic E-state index is 5.77. The highest BCUT2D eigenvalue weighted by Crippen LogP contribution is 2.29. The molecule has 0 atom stereocenters. The van der Waals surface area contributed by atoms with E-state index in [0.29, 0.717) is 19.1 Å². The zero-order valence-corrected chi connectivity index (χ0v) is 9.96. The Hall–Kier alpha value is -1.22. The molecule has 1 aromatic rings. The number of ether oxygens (including phenoxy) is 2. The molecule has 1 aromatic heterocycles. The second-order valence-corrected chi connectivity index (χ2v) is 3.87. The molecule has 2 rings (SSSR count). The molecule has 0 aromatic carbocycles. The van der Waals surface area contributed by atoms with Gasteiger partial charge < -0.3 is 9.47 Å². The van der Waals surface area contributed by atoms with Crippen LogP contribution in [0.15, 0.2) is 24.2 Å². The standard InChI is InChI=1S/C12H14ClNO2/c1-2-3-15-12(11-8-16-11)10-4-9(5-13)6-14-7-10/h4,6-7H,2-3,5,8H2,1H3. The summed E-state index contributed by atoms with van der Waals surface area (Å²) in [4.78, 5) is 4.14. The van der Waals surface area contributed by atoms with E-state index in [-0.39, 0.29) is 0 Å². The zero-order valence-electron chi connectivity index (χ0n) is 9.20. The van der Waals surface area contributed by atoms with Gasteiger partial charge in [-0.25, -0.2) is 0 Å². The Kier molecular flexibility index (Phi) is 3.67. The Labute approximate surface area is 100 Å². The van der Waals surface area contributed by atoms with Gasteiger partial charge in [-0.2, -0.15) is 0 Å². The SMILES string of the molecule is CCCOC(=C1CO1)c1cncc(CCl)c1. The van der Waals surface area contributed by atoms with Gasteiger partial charge in [-0.1, -0.05) is 6.92 Å². The van der Waals surface area contributed by atoms with E-state index >= 15 is 0 Å². The highest BCUT2D eigenvalue weighted by Gasteiger charge is 2.23. The van der Waals surface area contributed by atoms with Crippen LogP contribution in [0.3, 0.4) is 0 Å². The third kappa shape index (κ3) is 2.67. The second kappa shape index (κ2) is 5.21. The number of pyridine rings is 1. The van der Waals surface area contributed by atoms with Crippen LogP contribution < -0.4 is 0 Å². The fraction of sp³-hybridized carbons (Fsp3) is 0.417. The second-order valence-electron chi connectivity index (χ2n) is 3.60. The number of aromatic nitrogens is 1. The van der Waals surface area contributed by atoms with Crippen LogP contribution in [0.1, 0.15) is 24.5 Å². The highest BCUT2D eigenvalue weighted by molar-refractivity contribution is 6.17. The molecule has 0 aliphatic carbocycles. The first-order chi connectivity index (χ1) is 7.85. The smallest absolute Gasteiger partial charge is 0.177 e. The van der Waals surface area contributed by atoms with Gasteiger partial charge in [0, 0.05) is 23.8 Å². The summed E-state index contributed by atoms with van der Waals surface area (Å²) in [6.45, 7) is 3.42. The highest BCUT2D eigenvalue weighted by atomic mass is 35.5. The van der Waals surface area contributed by atoms with E-state index in [0.717, 1.165) is 29.1 Å². The average molecular weight is 240 g/mol. The molecule has 3 nitrogen and oxygen atoms in total. The molecule has 0 unspecified atom stereocenters. The molecule has 2 heterocycles. The maximum Gasteiger partial charge on any atom is 0.177 e. The lowest BCUT2D eigenvalue weighted by Crippen LogP contribution is -1.96. The molecule has 16 heavy (non-hydrogen) atoms. The Morgan fingerprint density at radius 1 is 1.56 bits per heavy atom. The van der Waals surface area contributed by atoms with E-state index in [9.17, 15) is 0 Å². The molecule has 0 bridgehead atoms. The molecule has 0 saturated carbocycles. The third-order valence-corrected chi connectivity index (χ3v) is 2.51. The number of epoxide rings is 1. The minimum Gasteiger partial charge on any atom is -0.489 e. The van der Waals surface area contributed by atoms with Gasteiger partial charge >= 0.3 is 0 Å². The molecule has 4 heteroatoms. The number of nitrogens with zero attached hydrogens (tertiary/aromatic N) is 1. The first-order valence-corrected chi connectivity index (χ1v) is 5.87. The molecule has 1 saturated heterocycles. The number of halogens is 1. The van der Waals surface area contributed by atoms with E-state index < -0.39 is 0 Å². The van der Waals surface area contributed by atoms with Crippen LogP contribution in [0.4, 0.5) is 0 Å². The lowest BCUT2D eigenvalue weighted by molar-refractivity contribution is 0.272. The van der Waals surface area contributed by atoms with Gasteiger partial charge in [0.1, 0.15) is 6.61 Å². The number of rotatable bonds is 5. The van der Waals surface area contributed by atoms with Crippen LogP contribution >= 0.6 is 11.6 Å². The fourth-order valence-corrected chi connectivity index (χ4v) is 1.53. The predicted molar refractivity (Wildman–Crippen MR) is 62.9 cm³/mol. The summed E-state index contributed by atoms with van der Waals surface area (Å²) in [5.74, 6) is 2.17. The van der Waals surface area contributed by atoms with Gasteiger partial charge in [0.15, 0.2) is 11.5 Å². The lowest BCUT2D eigenvalue weighted by atomic mass is 10.2. The topological polar surface area (TPSA) is 34.6 Å². The van der Waals surface area contributed by atoms with Crippen molar-refractivity contribution in [3.05, 3.63) is 35.3 Å². The lowest BCUT2D eigenvalue weighted by Gasteiger charge is -2.08. The van der Waals surface area contributed by atoms with Gasteiger partial charge in [-0.05, 0) is 18.1 Å². The van der Waals surface area contributed by atoms with E-state index in [2.05, 4.69) is 11.9 Å². The first-order valence-electron chi connectivity index (χ1n) is 5.34. The summed E-state index contributed by atoms with van der Waals surface area (Å²) in [6.07, 6.45) is 4.50. The summed E-state index contributed by atoms with van der Waals surface area (Å²) in [7, 11) is 0. The molecule has 86 valence electrons. The van der Waals surface area contributed by atoms with Gasteiger partial charge in [0.2, 0.25) is 0 Å². The van der Waals surface area contributed by atoms with Crippen molar-refractivity contribution in [1.29, 1.82) is 0 Å². The van der Waals surface area contributed by atoms with Gasteiger partial charge in [-0.15, -0.1) is 11.6 Å². The molecular formula is C12H14ClNO2. The normalized spacial score (nSPS) is 16.6.